The first-order valence-electron chi connectivity index (χ1n) is 8.09. The normalized spacial score (nSPS) is 12.0. The molecule has 0 aliphatic carbocycles. The second-order valence-corrected chi connectivity index (χ2v) is 5.93. The highest BCUT2D eigenvalue weighted by molar-refractivity contribution is 5.99. The third-order valence-electron chi connectivity index (χ3n) is 4.06. The zero-order chi connectivity index (χ0) is 19.6. The van der Waals surface area contributed by atoms with E-state index in [-0.39, 0.29) is 23.6 Å². The summed E-state index contributed by atoms with van der Waals surface area (Å²) in [5.74, 6) is 4.04. The molecule has 5 N–H and O–H groups in total. The lowest BCUT2D eigenvalue weighted by Crippen LogP contribution is -2.41. The lowest BCUT2D eigenvalue weighted by Gasteiger charge is -2.25. The molecule has 0 fully saturated rings. The largest absolute Gasteiger partial charge is 0.365 e. The minimum atomic E-state index is -0.851. The van der Waals surface area contributed by atoms with E-state index in [1.165, 1.54) is 0 Å². The number of primary amides is 1. The van der Waals surface area contributed by atoms with E-state index in [0.717, 1.165) is 16.6 Å². The number of anilines is 3. The molecule has 3 heterocycles. The van der Waals surface area contributed by atoms with Gasteiger partial charge in [0.2, 0.25) is 0 Å². The van der Waals surface area contributed by atoms with E-state index >= 15 is 0 Å². The molecule has 3 aromatic rings. The lowest BCUT2D eigenvalue weighted by atomic mass is 10.2. The SMILES string of the molecule is CC(CC=O)N(N)c1nc(Nc2cnn3ccccc23)c(C(N)=O)cc1F. The van der Waals surface area contributed by atoms with Crippen molar-refractivity contribution in [1.82, 2.24) is 14.6 Å². The zero-order valence-corrected chi connectivity index (χ0v) is 14.5. The van der Waals surface area contributed by atoms with Gasteiger partial charge in [-0.1, -0.05) is 6.07 Å². The first kappa shape index (κ1) is 18.3. The van der Waals surface area contributed by atoms with Crippen LogP contribution in [0.25, 0.3) is 5.52 Å². The third-order valence-corrected chi connectivity index (χ3v) is 4.06. The van der Waals surface area contributed by atoms with E-state index < -0.39 is 17.8 Å². The van der Waals surface area contributed by atoms with Crippen LogP contribution in [0, 0.1) is 5.82 Å². The Morgan fingerprint density at radius 3 is 2.96 bits per heavy atom. The van der Waals surface area contributed by atoms with Gasteiger partial charge in [-0.2, -0.15) is 5.10 Å². The average Bonchev–Trinajstić information content (AvgIpc) is 3.05. The Bertz CT molecular complexity index is 1000. The first-order chi connectivity index (χ1) is 12.9. The van der Waals surface area contributed by atoms with Gasteiger partial charge in [0.15, 0.2) is 11.6 Å². The maximum Gasteiger partial charge on any atom is 0.252 e. The van der Waals surface area contributed by atoms with Crippen molar-refractivity contribution in [3.8, 4) is 0 Å². The summed E-state index contributed by atoms with van der Waals surface area (Å²) in [7, 11) is 0. The van der Waals surface area contributed by atoms with Gasteiger partial charge in [0, 0.05) is 12.6 Å². The first-order valence-corrected chi connectivity index (χ1v) is 8.09. The maximum absolute atomic E-state index is 14.4. The van der Waals surface area contributed by atoms with Crippen molar-refractivity contribution in [3.05, 3.63) is 48.0 Å². The fraction of sp³-hybridized carbons (Fsp3) is 0.176. The second kappa shape index (κ2) is 7.38. The molecule has 0 saturated heterocycles. The van der Waals surface area contributed by atoms with Crippen molar-refractivity contribution in [2.24, 2.45) is 11.6 Å². The summed E-state index contributed by atoms with van der Waals surface area (Å²) in [5.41, 5.74) is 6.50. The molecule has 0 saturated carbocycles. The minimum Gasteiger partial charge on any atom is -0.365 e. The number of nitrogens with zero attached hydrogens (tertiary/aromatic N) is 4. The van der Waals surface area contributed by atoms with Crippen LogP contribution in [0.2, 0.25) is 0 Å². The smallest absolute Gasteiger partial charge is 0.252 e. The molecule has 0 aromatic carbocycles. The molecule has 0 bridgehead atoms. The monoisotopic (exact) mass is 371 g/mol. The molecular weight excluding hydrogens is 353 g/mol. The van der Waals surface area contributed by atoms with E-state index in [9.17, 15) is 14.0 Å². The van der Waals surface area contributed by atoms with Gasteiger partial charge in [0.1, 0.15) is 12.1 Å². The molecule has 27 heavy (non-hydrogen) atoms. The Hall–Kier alpha value is -3.53. The molecule has 10 heteroatoms. The highest BCUT2D eigenvalue weighted by atomic mass is 19.1. The number of pyridine rings is 2. The Morgan fingerprint density at radius 1 is 1.48 bits per heavy atom. The van der Waals surface area contributed by atoms with Crippen LogP contribution in [0.5, 0.6) is 0 Å². The standard InChI is InChI=1S/C17H18FN7O2/c1-10(5-7-26)25(20)17-12(18)8-11(15(19)27)16(23-17)22-13-9-21-24-6-3-2-4-14(13)24/h2-4,6-10H,5,20H2,1H3,(H2,19,27)(H,22,23). The minimum absolute atomic E-state index is 0.0337. The second-order valence-electron chi connectivity index (χ2n) is 5.93. The molecule has 3 aromatic heterocycles. The number of hydrogen-bond donors (Lipinski definition) is 3. The number of fused-ring (bicyclic) bond motifs is 1. The average molecular weight is 371 g/mol. The molecule has 1 amide bonds. The van der Waals surface area contributed by atoms with Crippen molar-refractivity contribution in [1.29, 1.82) is 0 Å². The van der Waals surface area contributed by atoms with Gasteiger partial charge in [0.25, 0.3) is 5.91 Å². The number of nitrogens with one attached hydrogen (secondary N) is 1. The highest BCUT2D eigenvalue weighted by Gasteiger charge is 2.22. The third kappa shape index (κ3) is 3.55. The Labute approximate surface area is 153 Å². The van der Waals surface area contributed by atoms with Crippen LogP contribution in [-0.2, 0) is 4.79 Å². The predicted molar refractivity (Wildman–Crippen MR) is 98.0 cm³/mol. The number of carbonyl (C=O) groups excluding carboxylic acids is 2. The van der Waals surface area contributed by atoms with Gasteiger partial charge in [-0.3, -0.25) is 9.80 Å². The number of rotatable bonds is 7. The van der Waals surface area contributed by atoms with Crippen molar-refractivity contribution >= 4 is 35.0 Å². The van der Waals surface area contributed by atoms with E-state index in [4.69, 9.17) is 11.6 Å². The maximum atomic E-state index is 14.4. The summed E-state index contributed by atoms with van der Waals surface area (Å²) in [6.07, 6.45) is 4.06. The number of aldehydes is 1. The predicted octanol–water partition coefficient (Wildman–Crippen LogP) is 1.37. The molecule has 0 spiro atoms. The van der Waals surface area contributed by atoms with Crippen LogP contribution >= 0.6 is 0 Å². The molecule has 3 rings (SSSR count). The van der Waals surface area contributed by atoms with E-state index in [1.807, 2.05) is 18.2 Å². The molecule has 140 valence electrons. The van der Waals surface area contributed by atoms with E-state index in [0.29, 0.717) is 12.0 Å². The van der Waals surface area contributed by atoms with Crippen LogP contribution in [0.1, 0.15) is 23.7 Å². The number of halogens is 1. The number of hydrazine groups is 1. The van der Waals surface area contributed by atoms with Gasteiger partial charge in [-0.25, -0.2) is 19.7 Å². The van der Waals surface area contributed by atoms with Gasteiger partial charge in [0.05, 0.1) is 29.0 Å². The topological polar surface area (TPSA) is 132 Å². The Kier molecular flexibility index (Phi) is 4.99. The van der Waals surface area contributed by atoms with Crippen LogP contribution in [-0.4, -0.2) is 32.8 Å². The Balaban J connectivity index is 2.05. The van der Waals surface area contributed by atoms with Crippen molar-refractivity contribution < 1.29 is 14.0 Å². The van der Waals surface area contributed by atoms with Crippen LogP contribution in [0.15, 0.2) is 36.7 Å². The Morgan fingerprint density at radius 2 is 2.26 bits per heavy atom. The van der Waals surface area contributed by atoms with Crippen molar-refractivity contribution in [2.75, 3.05) is 10.3 Å². The van der Waals surface area contributed by atoms with Crippen molar-refractivity contribution in [3.63, 3.8) is 0 Å². The molecular formula is C17H18FN7O2. The summed E-state index contributed by atoms with van der Waals surface area (Å²) in [5, 5.41) is 8.17. The number of amides is 1. The molecule has 0 aliphatic rings. The van der Waals surface area contributed by atoms with Crippen LogP contribution in [0.4, 0.5) is 21.7 Å². The summed E-state index contributed by atoms with van der Waals surface area (Å²) in [6.45, 7) is 1.65. The zero-order valence-electron chi connectivity index (χ0n) is 14.5. The molecule has 9 nitrogen and oxygen atoms in total. The van der Waals surface area contributed by atoms with E-state index in [2.05, 4.69) is 15.4 Å². The van der Waals surface area contributed by atoms with Crippen LogP contribution < -0.4 is 21.9 Å². The summed E-state index contributed by atoms with van der Waals surface area (Å²) >= 11 is 0. The summed E-state index contributed by atoms with van der Waals surface area (Å²) in [6, 6.07) is 5.92. The molecule has 1 unspecified atom stereocenters. The van der Waals surface area contributed by atoms with Gasteiger partial charge < -0.3 is 15.8 Å². The fourth-order valence-corrected chi connectivity index (χ4v) is 2.56. The fourth-order valence-electron chi connectivity index (χ4n) is 2.56. The molecule has 0 radical (unpaired) electrons. The highest BCUT2D eigenvalue weighted by Crippen LogP contribution is 2.27. The van der Waals surface area contributed by atoms with Crippen molar-refractivity contribution in [2.45, 2.75) is 19.4 Å². The molecule has 0 aliphatic heterocycles. The number of aromatic nitrogens is 3. The number of carbonyl (C=O) groups is 2. The number of nitrogens with two attached hydrogens (primary N) is 2. The summed E-state index contributed by atoms with van der Waals surface area (Å²) in [4.78, 5) is 26.6. The molecule has 1 atom stereocenters. The lowest BCUT2D eigenvalue weighted by molar-refractivity contribution is -0.108. The van der Waals surface area contributed by atoms with Gasteiger partial charge in [-0.05, 0) is 25.1 Å². The summed E-state index contributed by atoms with van der Waals surface area (Å²) < 4.78 is 16.1. The number of hydrogen-bond acceptors (Lipinski definition) is 7. The van der Waals surface area contributed by atoms with Crippen LogP contribution in [0.3, 0.4) is 0 Å². The quantitative estimate of drug-likeness (QED) is 0.325. The van der Waals surface area contributed by atoms with Gasteiger partial charge in [-0.15, -0.1) is 0 Å². The van der Waals surface area contributed by atoms with Gasteiger partial charge >= 0.3 is 0 Å². The van der Waals surface area contributed by atoms with E-state index in [1.54, 1.807) is 23.8 Å².